The zero-order valence-electron chi connectivity index (χ0n) is 8.12. The molecule has 0 atom stereocenters. The van der Waals surface area contributed by atoms with Crippen LogP contribution in [0.1, 0.15) is 12.8 Å². The first-order valence-electron chi connectivity index (χ1n) is 3.94. The molecular formula is C7H13NNaO3S. The van der Waals surface area contributed by atoms with Gasteiger partial charge in [0.25, 0.3) is 0 Å². The second-order valence-electron chi connectivity index (χ2n) is 3.16. The molecular weight excluding hydrogens is 201 g/mol. The van der Waals surface area contributed by atoms with Crippen molar-refractivity contribution in [2.75, 3.05) is 25.1 Å². The predicted molar refractivity (Wildman–Crippen MR) is 51.3 cm³/mol. The van der Waals surface area contributed by atoms with Crippen LogP contribution in [0.15, 0.2) is 0 Å². The Labute approximate surface area is 101 Å². The summed E-state index contributed by atoms with van der Waals surface area (Å²) < 4.78 is 21.5. The number of carbonyl (C=O) groups excluding carboxylic acids is 1. The van der Waals surface area contributed by atoms with Gasteiger partial charge in [0, 0.05) is 48.9 Å². The van der Waals surface area contributed by atoms with E-state index in [1.54, 1.807) is 4.90 Å². The van der Waals surface area contributed by atoms with E-state index in [2.05, 4.69) is 0 Å². The number of amides is 1. The van der Waals surface area contributed by atoms with Gasteiger partial charge in [-0.1, -0.05) is 0 Å². The van der Waals surface area contributed by atoms with Crippen molar-refractivity contribution in [1.82, 2.24) is 4.90 Å². The number of sulfone groups is 1. The second-order valence-corrected chi connectivity index (χ2v) is 5.30. The first-order valence-corrected chi connectivity index (χ1v) is 6.00. The fraction of sp³-hybridized carbons (Fsp3) is 0.857. The third-order valence-corrected chi connectivity index (χ3v) is 2.62. The fourth-order valence-corrected chi connectivity index (χ4v) is 1.91. The zero-order chi connectivity index (χ0) is 9.19. The maximum absolute atomic E-state index is 11.2. The van der Waals surface area contributed by atoms with E-state index in [1.807, 2.05) is 0 Å². The van der Waals surface area contributed by atoms with Crippen LogP contribution in [0.4, 0.5) is 0 Å². The van der Waals surface area contributed by atoms with E-state index >= 15 is 0 Å². The van der Waals surface area contributed by atoms with Gasteiger partial charge in [0.2, 0.25) is 5.91 Å². The summed E-state index contributed by atoms with van der Waals surface area (Å²) in [6, 6.07) is 0. The van der Waals surface area contributed by atoms with Gasteiger partial charge >= 0.3 is 0 Å². The summed E-state index contributed by atoms with van der Waals surface area (Å²) in [5.74, 6) is -0.595. The molecule has 0 spiro atoms. The van der Waals surface area contributed by atoms with E-state index in [1.165, 1.54) is 0 Å². The molecule has 0 bridgehead atoms. The normalized spacial score (nSPS) is 16.8. The minimum absolute atomic E-state index is 0. The summed E-state index contributed by atoms with van der Waals surface area (Å²) in [6.07, 6.45) is 3.08. The van der Waals surface area contributed by atoms with Crippen LogP contribution < -0.4 is 0 Å². The number of carbonyl (C=O) groups is 1. The van der Waals surface area contributed by atoms with Crippen molar-refractivity contribution in [3.8, 4) is 0 Å². The molecule has 13 heavy (non-hydrogen) atoms. The van der Waals surface area contributed by atoms with Gasteiger partial charge in [-0.25, -0.2) is 8.42 Å². The van der Waals surface area contributed by atoms with Crippen LogP contribution in [0, 0.1) is 0 Å². The summed E-state index contributed by atoms with van der Waals surface area (Å²) in [4.78, 5) is 12.8. The smallest absolute Gasteiger partial charge is 0.237 e. The molecule has 1 saturated heterocycles. The first-order chi connectivity index (χ1) is 5.49. The Morgan fingerprint density at radius 1 is 1.31 bits per heavy atom. The summed E-state index contributed by atoms with van der Waals surface area (Å²) in [7, 11) is -3.15. The molecule has 1 amide bonds. The monoisotopic (exact) mass is 214 g/mol. The van der Waals surface area contributed by atoms with E-state index in [-0.39, 0.29) is 41.2 Å². The minimum atomic E-state index is -3.15. The fourth-order valence-electron chi connectivity index (χ4n) is 1.28. The average Bonchev–Trinajstić information content (AvgIpc) is 2.32. The number of hydrogen-bond acceptors (Lipinski definition) is 3. The molecule has 1 aliphatic heterocycles. The molecule has 0 aromatic carbocycles. The molecule has 1 rings (SSSR count). The molecule has 0 aromatic heterocycles. The Morgan fingerprint density at radius 2 is 1.77 bits per heavy atom. The molecule has 1 fully saturated rings. The third kappa shape index (κ3) is 5.00. The second kappa shape index (κ2) is 5.34. The van der Waals surface area contributed by atoms with Crippen molar-refractivity contribution in [2.45, 2.75) is 12.8 Å². The van der Waals surface area contributed by atoms with Gasteiger partial charge in [-0.2, -0.15) is 0 Å². The Bertz CT molecular complexity index is 269. The minimum Gasteiger partial charge on any atom is -0.342 e. The van der Waals surface area contributed by atoms with Crippen LogP contribution >= 0.6 is 0 Å². The van der Waals surface area contributed by atoms with Gasteiger partial charge in [-0.3, -0.25) is 4.79 Å². The predicted octanol–water partition coefficient (Wildman–Crippen LogP) is -0.727. The molecule has 1 radical (unpaired) electrons. The third-order valence-electron chi connectivity index (χ3n) is 1.84. The van der Waals surface area contributed by atoms with E-state index < -0.39 is 9.84 Å². The number of hydrogen-bond donors (Lipinski definition) is 0. The van der Waals surface area contributed by atoms with E-state index in [4.69, 9.17) is 0 Å². The Hall–Kier alpha value is 0.420. The number of likely N-dealkylation sites (tertiary alicyclic amines) is 1. The quantitative estimate of drug-likeness (QED) is 0.570. The SMILES string of the molecule is CS(=O)(=O)CC(=O)N1CCCC1.[Na]. The molecule has 0 aliphatic carbocycles. The van der Waals surface area contributed by atoms with E-state index in [0.717, 1.165) is 19.1 Å². The van der Waals surface area contributed by atoms with Crippen LogP contribution in [-0.2, 0) is 14.6 Å². The topological polar surface area (TPSA) is 54.5 Å². The van der Waals surface area contributed by atoms with E-state index in [9.17, 15) is 13.2 Å². The van der Waals surface area contributed by atoms with Gasteiger partial charge in [-0.15, -0.1) is 0 Å². The number of rotatable bonds is 2. The maximum atomic E-state index is 11.2. The standard InChI is InChI=1S/C7H13NO3S.Na/c1-12(10,11)6-7(9)8-4-2-3-5-8;/h2-6H2,1H3;. The van der Waals surface area contributed by atoms with Crippen molar-refractivity contribution >= 4 is 45.3 Å². The molecule has 1 heterocycles. The summed E-state index contributed by atoms with van der Waals surface area (Å²) >= 11 is 0. The first kappa shape index (κ1) is 13.4. The molecule has 4 nitrogen and oxygen atoms in total. The summed E-state index contributed by atoms with van der Waals surface area (Å²) in [5, 5.41) is 0. The number of nitrogens with zero attached hydrogens (tertiary/aromatic N) is 1. The van der Waals surface area contributed by atoms with Crippen molar-refractivity contribution in [3.05, 3.63) is 0 Å². The zero-order valence-corrected chi connectivity index (χ0v) is 10.9. The van der Waals surface area contributed by atoms with Crippen molar-refractivity contribution in [1.29, 1.82) is 0 Å². The van der Waals surface area contributed by atoms with Gasteiger partial charge in [0.05, 0.1) is 0 Å². The largest absolute Gasteiger partial charge is 0.342 e. The van der Waals surface area contributed by atoms with Crippen LogP contribution in [0.5, 0.6) is 0 Å². The van der Waals surface area contributed by atoms with Gasteiger partial charge < -0.3 is 4.90 Å². The van der Waals surface area contributed by atoms with Crippen molar-refractivity contribution < 1.29 is 13.2 Å². The molecule has 0 unspecified atom stereocenters. The summed E-state index contributed by atoms with van der Waals surface area (Å²) in [6.45, 7) is 1.43. The molecule has 1 aliphatic rings. The van der Waals surface area contributed by atoms with Crippen LogP contribution in [0.2, 0.25) is 0 Å². The van der Waals surface area contributed by atoms with Gasteiger partial charge in [0.15, 0.2) is 9.84 Å². The molecule has 0 aromatic rings. The van der Waals surface area contributed by atoms with Gasteiger partial charge in [0.1, 0.15) is 5.75 Å². The molecule has 6 heteroatoms. The maximum Gasteiger partial charge on any atom is 0.237 e. The van der Waals surface area contributed by atoms with Crippen LogP contribution in [-0.4, -0.2) is 73.9 Å². The molecule has 71 valence electrons. The molecule has 0 saturated carbocycles. The summed E-state index contributed by atoms with van der Waals surface area (Å²) in [5.41, 5.74) is 0. The Balaban J connectivity index is 0.00000144. The van der Waals surface area contributed by atoms with Crippen LogP contribution in [0.3, 0.4) is 0 Å². The Kier molecular flexibility index (Phi) is 5.51. The van der Waals surface area contributed by atoms with Gasteiger partial charge in [-0.05, 0) is 12.8 Å². The Morgan fingerprint density at radius 3 is 2.15 bits per heavy atom. The van der Waals surface area contributed by atoms with E-state index in [0.29, 0.717) is 13.1 Å². The van der Waals surface area contributed by atoms with Crippen LogP contribution in [0.25, 0.3) is 0 Å². The van der Waals surface area contributed by atoms with Crippen molar-refractivity contribution in [3.63, 3.8) is 0 Å². The average molecular weight is 214 g/mol. The van der Waals surface area contributed by atoms with Crippen molar-refractivity contribution in [2.24, 2.45) is 0 Å². The molecule has 0 N–H and O–H groups in total.